The lowest BCUT2D eigenvalue weighted by atomic mass is 10.0. The van der Waals surface area contributed by atoms with Crippen LogP contribution in [0, 0.1) is 0 Å². The Bertz CT molecular complexity index is 1940. The fraction of sp³-hybridized carbons (Fsp3) is 0.0667. The van der Waals surface area contributed by atoms with Crippen molar-refractivity contribution in [1.82, 2.24) is 9.55 Å². The third-order valence-electron chi connectivity index (χ3n) is 6.78. The highest BCUT2D eigenvalue weighted by molar-refractivity contribution is 6.38. The molecule has 0 unspecified atom stereocenters. The van der Waals surface area contributed by atoms with Gasteiger partial charge in [0.15, 0.2) is 0 Å². The maximum atomic E-state index is 6.62. The van der Waals surface area contributed by atoms with Crippen LogP contribution in [0.15, 0.2) is 95.4 Å². The van der Waals surface area contributed by atoms with Crippen molar-refractivity contribution in [3.05, 3.63) is 91.0 Å². The zero-order valence-corrected chi connectivity index (χ0v) is 18.5. The van der Waals surface area contributed by atoms with E-state index >= 15 is 0 Å². The van der Waals surface area contributed by atoms with Crippen molar-refractivity contribution in [3.8, 4) is 0 Å². The van der Waals surface area contributed by atoms with E-state index in [0.29, 0.717) is 0 Å². The molecule has 0 spiro atoms. The first-order valence-electron chi connectivity index (χ1n) is 11.4. The van der Waals surface area contributed by atoms with E-state index in [9.17, 15) is 0 Å². The van der Waals surface area contributed by atoms with Crippen LogP contribution in [0.2, 0.25) is 0 Å². The number of hydrogen-bond acceptors (Lipinski definition) is 1. The summed E-state index contributed by atoms with van der Waals surface area (Å²) in [5, 5.41) is 7.12. The second-order valence-electron chi connectivity index (χ2n) is 8.51. The van der Waals surface area contributed by atoms with Crippen LogP contribution in [0.1, 0.15) is 13.8 Å². The molecule has 0 aliphatic carbocycles. The van der Waals surface area contributed by atoms with E-state index in [1.54, 1.807) is 0 Å². The molecule has 0 saturated carbocycles. The molecule has 0 bridgehead atoms. The Labute approximate surface area is 190 Å². The summed E-state index contributed by atoms with van der Waals surface area (Å²) in [7, 11) is 0. The Balaban J connectivity index is 1.91. The molecule has 0 saturated heterocycles. The zero-order valence-electron chi connectivity index (χ0n) is 18.5. The Morgan fingerprint density at radius 1 is 0.788 bits per heavy atom. The Kier molecular flexibility index (Phi) is 3.68. The molecule has 0 aliphatic rings. The fourth-order valence-corrected chi connectivity index (χ4v) is 5.49. The molecule has 4 aromatic carbocycles. The minimum atomic E-state index is 0.920. The molecule has 1 N–H and O–H groups in total. The normalized spacial score (nSPS) is 13.2. The van der Waals surface area contributed by atoms with Crippen molar-refractivity contribution in [3.63, 3.8) is 0 Å². The minimum absolute atomic E-state index is 0.920. The SMILES string of the molecule is C/C=C\C(=C/C)n1c2ccccc2c2c3oc4ccccc4c3c3c4ccccc4[nH]c3c21. The average molecular weight is 427 g/mol. The van der Waals surface area contributed by atoms with E-state index in [1.807, 2.05) is 6.07 Å². The van der Waals surface area contributed by atoms with Gasteiger partial charge in [0.05, 0.1) is 21.9 Å². The number of benzene rings is 4. The summed E-state index contributed by atoms with van der Waals surface area (Å²) in [6.45, 7) is 4.16. The summed E-state index contributed by atoms with van der Waals surface area (Å²) >= 11 is 0. The lowest BCUT2D eigenvalue weighted by Gasteiger charge is -2.09. The molecular weight excluding hydrogens is 404 g/mol. The number of para-hydroxylation sites is 3. The van der Waals surface area contributed by atoms with Crippen molar-refractivity contribution in [2.75, 3.05) is 0 Å². The summed E-state index contributed by atoms with van der Waals surface area (Å²) in [4.78, 5) is 3.78. The molecule has 33 heavy (non-hydrogen) atoms. The molecule has 7 aromatic rings. The molecule has 0 fully saturated rings. The average Bonchev–Trinajstić information content (AvgIpc) is 3.52. The maximum Gasteiger partial charge on any atom is 0.146 e. The second kappa shape index (κ2) is 6.63. The molecule has 3 heteroatoms. The van der Waals surface area contributed by atoms with Gasteiger partial charge in [0, 0.05) is 38.1 Å². The standard InChI is InChI=1S/C30H22N2O/c1-3-11-18(4-2)32-23-16-9-6-13-20(23)27-29(32)28-25(19-12-5-8-15-22(19)31-28)26-21-14-7-10-17-24(21)33-30(26)27/h3-17,31H,1-2H3/b11-3-,18-4+. The summed E-state index contributed by atoms with van der Waals surface area (Å²) in [6.07, 6.45) is 6.43. The van der Waals surface area contributed by atoms with Crippen LogP contribution < -0.4 is 0 Å². The highest BCUT2D eigenvalue weighted by atomic mass is 16.3. The summed E-state index contributed by atoms with van der Waals surface area (Å²) in [5.74, 6) is 0. The van der Waals surface area contributed by atoms with Crippen LogP contribution >= 0.6 is 0 Å². The van der Waals surface area contributed by atoms with Gasteiger partial charge in [-0.05, 0) is 38.1 Å². The smallest absolute Gasteiger partial charge is 0.146 e. The van der Waals surface area contributed by atoms with Gasteiger partial charge in [0.25, 0.3) is 0 Å². The molecule has 7 rings (SSSR count). The largest absolute Gasteiger partial charge is 0.455 e. The molecule has 0 atom stereocenters. The Hall–Kier alpha value is -4.24. The number of aromatic amines is 1. The van der Waals surface area contributed by atoms with Crippen molar-refractivity contribution in [2.45, 2.75) is 13.8 Å². The van der Waals surface area contributed by atoms with E-state index in [1.165, 1.54) is 27.1 Å². The molecular formula is C30H22N2O. The molecule has 0 aliphatic heterocycles. The molecule has 3 nitrogen and oxygen atoms in total. The fourth-order valence-electron chi connectivity index (χ4n) is 5.49. The molecule has 0 amide bonds. The number of nitrogens with one attached hydrogen (secondary N) is 1. The molecule has 3 heterocycles. The van der Waals surface area contributed by atoms with E-state index in [2.05, 4.69) is 108 Å². The van der Waals surface area contributed by atoms with Gasteiger partial charge in [-0.2, -0.15) is 0 Å². The van der Waals surface area contributed by atoms with Crippen LogP contribution in [0.3, 0.4) is 0 Å². The highest BCUT2D eigenvalue weighted by Gasteiger charge is 2.24. The maximum absolute atomic E-state index is 6.62. The van der Waals surface area contributed by atoms with E-state index < -0.39 is 0 Å². The Morgan fingerprint density at radius 3 is 2.33 bits per heavy atom. The molecule has 3 aromatic heterocycles. The number of rotatable bonds is 2. The molecule has 0 radical (unpaired) electrons. The number of allylic oxidation sites excluding steroid dienone is 4. The van der Waals surface area contributed by atoms with Gasteiger partial charge in [0.1, 0.15) is 11.2 Å². The second-order valence-corrected chi connectivity index (χ2v) is 8.51. The number of fused-ring (bicyclic) bond motifs is 12. The van der Waals surface area contributed by atoms with Gasteiger partial charge in [0.2, 0.25) is 0 Å². The lowest BCUT2D eigenvalue weighted by molar-refractivity contribution is 0.673. The topological polar surface area (TPSA) is 33.9 Å². The van der Waals surface area contributed by atoms with Crippen molar-refractivity contribution >= 4 is 71.2 Å². The summed E-state index contributed by atoms with van der Waals surface area (Å²) in [6, 6.07) is 25.6. The summed E-state index contributed by atoms with van der Waals surface area (Å²) in [5.41, 5.74) is 7.62. The van der Waals surface area contributed by atoms with Gasteiger partial charge in [-0.1, -0.05) is 66.7 Å². The predicted molar refractivity (Wildman–Crippen MR) is 141 cm³/mol. The monoisotopic (exact) mass is 426 g/mol. The highest BCUT2D eigenvalue weighted by Crippen LogP contribution is 2.47. The van der Waals surface area contributed by atoms with E-state index in [4.69, 9.17) is 4.42 Å². The van der Waals surface area contributed by atoms with Gasteiger partial charge < -0.3 is 14.0 Å². The number of aromatic nitrogens is 2. The number of hydrogen-bond donors (Lipinski definition) is 1. The number of H-pyrrole nitrogens is 1. The third-order valence-corrected chi connectivity index (χ3v) is 6.78. The van der Waals surface area contributed by atoms with Gasteiger partial charge in [-0.15, -0.1) is 0 Å². The van der Waals surface area contributed by atoms with E-state index in [-0.39, 0.29) is 0 Å². The van der Waals surface area contributed by atoms with Crippen LogP contribution in [-0.2, 0) is 0 Å². The predicted octanol–water partition coefficient (Wildman–Crippen LogP) is 8.77. The molecule has 158 valence electrons. The van der Waals surface area contributed by atoms with Crippen molar-refractivity contribution in [1.29, 1.82) is 0 Å². The van der Waals surface area contributed by atoms with Gasteiger partial charge >= 0.3 is 0 Å². The first-order chi connectivity index (χ1) is 16.3. The number of furan rings is 1. The van der Waals surface area contributed by atoms with Crippen LogP contribution in [-0.4, -0.2) is 9.55 Å². The van der Waals surface area contributed by atoms with Gasteiger partial charge in [-0.3, -0.25) is 0 Å². The first kappa shape index (κ1) is 18.3. The minimum Gasteiger partial charge on any atom is -0.455 e. The Morgan fingerprint density at radius 2 is 1.52 bits per heavy atom. The number of nitrogens with zero attached hydrogens (tertiary/aromatic N) is 1. The lowest BCUT2D eigenvalue weighted by Crippen LogP contribution is -1.95. The third kappa shape index (κ3) is 2.29. The van der Waals surface area contributed by atoms with Crippen molar-refractivity contribution < 1.29 is 4.42 Å². The van der Waals surface area contributed by atoms with Crippen molar-refractivity contribution in [2.24, 2.45) is 0 Å². The van der Waals surface area contributed by atoms with E-state index in [0.717, 1.165) is 44.2 Å². The zero-order chi connectivity index (χ0) is 22.1. The van der Waals surface area contributed by atoms with Crippen LogP contribution in [0.4, 0.5) is 0 Å². The van der Waals surface area contributed by atoms with Gasteiger partial charge in [-0.25, -0.2) is 0 Å². The van der Waals surface area contributed by atoms with Crippen LogP contribution in [0.5, 0.6) is 0 Å². The first-order valence-corrected chi connectivity index (χ1v) is 11.4. The quantitative estimate of drug-likeness (QED) is 0.275. The van der Waals surface area contributed by atoms with Crippen LogP contribution in [0.25, 0.3) is 71.2 Å². The summed E-state index contributed by atoms with van der Waals surface area (Å²) < 4.78 is 8.99.